The summed E-state index contributed by atoms with van der Waals surface area (Å²) in [5.74, 6) is 0.700. The molecule has 0 saturated carbocycles. The third-order valence-electron chi connectivity index (χ3n) is 4.89. The minimum atomic E-state index is -0.187. The Morgan fingerprint density at radius 1 is 1.00 bits per heavy atom. The van der Waals surface area contributed by atoms with Crippen LogP contribution in [0.25, 0.3) is 6.08 Å². The summed E-state index contributed by atoms with van der Waals surface area (Å²) >= 11 is 7.39. The van der Waals surface area contributed by atoms with E-state index in [9.17, 15) is 4.79 Å². The quantitative estimate of drug-likeness (QED) is 0.428. The summed E-state index contributed by atoms with van der Waals surface area (Å²) in [6.45, 7) is 2.60. The molecule has 31 heavy (non-hydrogen) atoms. The van der Waals surface area contributed by atoms with Crippen LogP contribution in [-0.2, 0) is 17.8 Å². The Hall–Kier alpha value is -2.89. The Morgan fingerprint density at radius 2 is 1.68 bits per heavy atom. The molecule has 0 bridgehead atoms. The maximum absolute atomic E-state index is 12.4. The predicted octanol–water partition coefficient (Wildman–Crippen LogP) is 6.08. The Kier molecular flexibility index (Phi) is 6.85. The average molecular weight is 451 g/mol. The second-order valence-electron chi connectivity index (χ2n) is 7.16. The molecular weight excluding hydrogens is 428 g/mol. The standard InChI is InChI=1S/C25H23ClN2O2S/c1-2-17-5-11-21(12-6-17)27-25-28-24(29)23(31-25)15-18-7-13-22(14-8-18)30-16-19-3-9-20(26)10-4-19/h3-15,25,27H,2,16H2,1H3,(H,28,29)/b23-15-/t25-/m1/s1. The molecule has 4 rings (SSSR count). The van der Waals surface area contributed by atoms with E-state index in [1.807, 2.05) is 66.7 Å². The van der Waals surface area contributed by atoms with Crippen molar-refractivity contribution < 1.29 is 9.53 Å². The van der Waals surface area contributed by atoms with Crippen LogP contribution in [0, 0.1) is 0 Å². The lowest BCUT2D eigenvalue weighted by molar-refractivity contribution is -0.116. The van der Waals surface area contributed by atoms with E-state index in [0.29, 0.717) is 16.5 Å². The van der Waals surface area contributed by atoms with Crippen molar-refractivity contribution >= 4 is 41.0 Å². The molecular formula is C25H23ClN2O2S. The van der Waals surface area contributed by atoms with E-state index in [0.717, 1.165) is 29.0 Å². The summed E-state index contributed by atoms with van der Waals surface area (Å²) in [7, 11) is 0. The van der Waals surface area contributed by atoms with Gasteiger partial charge in [-0.3, -0.25) is 4.79 Å². The van der Waals surface area contributed by atoms with Crippen molar-refractivity contribution in [1.82, 2.24) is 5.32 Å². The number of carbonyl (C=O) groups excluding carboxylic acids is 1. The largest absolute Gasteiger partial charge is 0.489 e. The second-order valence-corrected chi connectivity index (χ2v) is 8.74. The van der Waals surface area contributed by atoms with Crippen molar-refractivity contribution in [1.29, 1.82) is 0 Å². The Bertz CT molecular complexity index is 1060. The number of benzene rings is 3. The first kappa shape index (κ1) is 21.3. The Morgan fingerprint density at radius 3 is 2.35 bits per heavy atom. The molecule has 3 aromatic rings. The van der Waals surface area contributed by atoms with Crippen molar-refractivity contribution in [3.05, 3.63) is 99.4 Å². The molecule has 1 aliphatic rings. The van der Waals surface area contributed by atoms with Crippen molar-refractivity contribution in [2.75, 3.05) is 5.32 Å². The SMILES string of the molecule is CCc1ccc(N[C@@H]2NC(=O)/C(=C/c3ccc(OCc4ccc(Cl)cc4)cc3)S2)cc1. The number of hydrogen-bond acceptors (Lipinski definition) is 4. The predicted molar refractivity (Wildman–Crippen MR) is 129 cm³/mol. The van der Waals surface area contributed by atoms with Gasteiger partial charge in [0.25, 0.3) is 5.91 Å². The van der Waals surface area contributed by atoms with Gasteiger partial charge in [-0.25, -0.2) is 0 Å². The van der Waals surface area contributed by atoms with Crippen molar-refractivity contribution in [3.8, 4) is 5.75 Å². The van der Waals surface area contributed by atoms with Crippen LogP contribution in [0.3, 0.4) is 0 Å². The maximum atomic E-state index is 12.4. The molecule has 0 spiro atoms. The molecule has 1 amide bonds. The van der Waals surface area contributed by atoms with Crippen molar-refractivity contribution in [2.24, 2.45) is 0 Å². The zero-order chi connectivity index (χ0) is 21.6. The van der Waals surface area contributed by atoms with Crippen molar-refractivity contribution in [3.63, 3.8) is 0 Å². The summed E-state index contributed by atoms with van der Waals surface area (Å²) in [4.78, 5) is 13.0. The second kappa shape index (κ2) is 9.94. The lowest BCUT2D eigenvalue weighted by Gasteiger charge is -2.12. The fourth-order valence-corrected chi connectivity index (χ4v) is 4.22. The molecule has 1 aliphatic heterocycles. The summed E-state index contributed by atoms with van der Waals surface area (Å²) in [6.07, 6.45) is 2.90. The van der Waals surface area contributed by atoms with Gasteiger partial charge in [-0.1, -0.05) is 66.7 Å². The van der Waals surface area contributed by atoms with Crippen LogP contribution in [0.15, 0.2) is 77.7 Å². The topological polar surface area (TPSA) is 50.4 Å². The lowest BCUT2D eigenvalue weighted by Crippen LogP contribution is -2.30. The molecule has 0 aliphatic carbocycles. The summed E-state index contributed by atoms with van der Waals surface area (Å²) in [5, 5.41) is 7.02. The summed E-state index contributed by atoms with van der Waals surface area (Å²) < 4.78 is 5.82. The number of carbonyl (C=O) groups is 1. The van der Waals surface area contributed by atoms with Crippen LogP contribution >= 0.6 is 23.4 Å². The number of amides is 1. The maximum Gasteiger partial charge on any atom is 0.260 e. The van der Waals surface area contributed by atoms with Crippen LogP contribution < -0.4 is 15.4 Å². The van der Waals surface area contributed by atoms with Crippen LogP contribution in [0.5, 0.6) is 5.75 Å². The molecule has 1 fully saturated rings. The van der Waals surface area contributed by atoms with Gasteiger partial charge < -0.3 is 15.4 Å². The van der Waals surface area contributed by atoms with Gasteiger partial charge in [0.1, 0.15) is 12.4 Å². The van der Waals surface area contributed by atoms with Gasteiger partial charge >= 0.3 is 0 Å². The smallest absolute Gasteiger partial charge is 0.260 e. The van der Waals surface area contributed by atoms with E-state index in [-0.39, 0.29) is 11.4 Å². The van der Waals surface area contributed by atoms with Gasteiger partial charge in [-0.15, -0.1) is 0 Å². The number of rotatable bonds is 7. The molecule has 6 heteroatoms. The molecule has 1 atom stereocenters. The molecule has 0 aromatic heterocycles. The molecule has 2 N–H and O–H groups in total. The number of hydrogen-bond donors (Lipinski definition) is 2. The number of nitrogens with one attached hydrogen (secondary N) is 2. The first-order valence-electron chi connectivity index (χ1n) is 10.1. The first-order chi connectivity index (χ1) is 15.1. The van der Waals surface area contributed by atoms with E-state index in [1.54, 1.807) is 0 Å². The van der Waals surface area contributed by atoms with E-state index < -0.39 is 0 Å². The van der Waals surface area contributed by atoms with Gasteiger partial charge in [-0.05, 0) is 65.6 Å². The molecule has 1 heterocycles. The number of ether oxygens (including phenoxy) is 1. The normalized spacial score (nSPS) is 16.9. The average Bonchev–Trinajstić information content (AvgIpc) is 3.13. The molecule has 0 unspecified atom stereocenters. The third-order valence-corrected chi connectivity index (χ3v) is 6.17. The van der Waals surface area contributed by atoms with Crippen LogP contribution in [-0.4, -0.2) is 11.4 Å². The lowest BCUT2D eigenvalue weighted by atomic mass is 10.1. The number of anilines is 1. The Labute approximate surface area is 191 Å². The summed E-state index contributed by atoms with van der Waals surface area (Å²) in [5.41, 5.74) is 4.09. The van der Waals surface area contributed by atoms with Crippen LogP contribution in [0.1, 0.15) is 23.6 Å². The number of thioether (sulfide) groups is 1. The van der Waals surface area contributed by atoms with E-state index >= 15 is 0 Å². The summed E-state index contributed by atoms with van der Waals surface area (Å²) in [6, 6.07) is 23.6. The molecule has 4 nitrogen and oxygen atoms in total. The number of halogens is 1. The Balaban J connectivity index is 1.34. The van der Waals surface area contributed by atoms with Crippen LogP contribution in [0.2, 0.25) is 5.02 Å². The molecule has 0 radical (unpaired) electrons. The first-order valence-corrected chi connectivity index (χ1v) is 11.4. The zero-order valence-corrected chi connectivity index (χ0v) is 18.7. The highest BCUT2D eigenvalue weighted by molar-refractivity contribution is 8.05. The van der Waals surface area contributed by atoms with Gasteiger partial charge in [0.05, 0.1) is 4.91 Å². The highest BCUT2D eigenvalue weighted by Gasteiger charge is 2.27. The highest BCUT2D eigenvalue weighted by Crippen LogP contribution is 2.30. The van der Waals surface area contributed by atoms with E-state index in [1.165, 1.54) is 17.3 Å². The molecule has 3 aromatic carbocycles. The van der Waals surface area contributed by atoms with E-state index in [2.05, 4.69) is 29.7 Å². The van der Waals surface area contributed by atoms with Gasteiger partial charge in [0, 0.05) is 10.7 Å². The highest BCUT2D eigenvalue weighted by atomic mass is 35.5. The van der Waals surface area contributed by atoms with Crippen LogP contribution in [0.4, 0.5) is 5.69 Å². The fourth-order valence-electron chi connectivity index (χ4n) is 3.11. The third kappa shape index (κ3) is 5.84. The molecule has 158 valence electrons. The molecule has 1 saturated heterocycles. The zero-order valence-electron chi connectivity index (χ0n) is 17.1. The fraction of sp³-hybridized carbons (Fsp3) is 0.160. The minimum absolute atomic E-state index is 0.0734. The monoisotopic (exact) mass is 450 g/mol. The number of aryl methyl sites for hydroxylation is 1. The van der Waals surface area contributed by atoms with Gasteiger partial charge in [0.15, 0.2) is 5.50 Å². The van der Waals surface area contributed by atoms with Crippen molar-refractivity contribution in [2.45, 2.75) is 25.4 Å². The van der Waals surface area contributed by atoms with Gasteiger partial charge in [0.2, 0.25) is 0 Å². The van der Waals surface area contributed by atoms with Gasteiger partial charge in [-0.2, -0.15) is 0 Å². The van der Waals surface area contributed by atoms with E-state index in [4.69, 9.17) is 16.3 Å². The minimum Gasteiger partial charge on any atom is -0.489 e.